The minimum atomic E-state index is 0.0538. The number of hydrogen-bond donors (Lipinski definition) is 1. The summed E-state index contributed by atoms with van der Waals surface area (Å²) >= 11 is 0. The Morgan fingerprint density at radius 3 is 1.86 bits per heavy atom. The summed E-state index contributed by atoms with van der Waals surface area (Å²) in [4.78, 5) is 2.17. The quantitative estimate of drug-likeness (QED) is 0.748. The molecule has 0 spiro atoms. The first-order valence-electron chi connectivity index (χ1n) is 7.32. The molecule has 0 fully saturated rings. The third-order valence-corrected chi connectivity index (χ3v) is 4.59. The molecule has 0 saturated heterocycles. The van der Waals surface area contributed by atoms with E-state index in [4.69, 9.17) is 0 Å². The molecular formula is C18H29N2P. The van der Waals surface area contributed by atoms with Crippen LogP contribution in [0.3, 0.4) is 0 Å². The lowest BCUT2D eigenvalue weighted by molar-refractivity contribution is 0.510. The molecule has 1 N–H and O–H groups in total. The Morgan fingerprint density at radius 1 is 1.00 bits per heavy atom. The Balaban J connectivity index is 2.84. The van der Waals surface area contributed by atoms with Crippen LogP contribution in [0.1, 0.15) is 41.5 Å². The maximum absolute atomic E-state index is 4.11. The van der Waals surface area contributed by atoms with Crippen molar-refractivity contribution in [3.05, 3.63) is 36.5 Å². The van der Waals surface area contributed by atoms with E-state index in [1.807, 2.05) is 0 Å². The van der Waals surface area contributed by atoms with E-state index in [1.165, 1.54) is 0 Å². The average molecular weight is 304 g/mol. The maximum atomic E-state index is 4.11. The van der Waals surface area contributed by atoms with Gasteiger partial charge in [0.1, 0.15) is 0 Å². The Hall–Kier alpha value is -1.27. The van der Waals surface area contributed by atoms with Crippen LogP contribution in [0.25, 0.3) is 0 Å². The summed E-state index contributed by atoms with van der Waals surface area (Å²) in [6.07, 6.45) is 0. The van der Waals surface area contributed by atoms with E-state index in [0.717, 1.165) is 22.5 Å². The minimum Gasteiger partial charge on any atom is -0.359 e. The van der Waals surface area contributed by atoms with Crippen molar-refractivity contribution < 1.29 is 0 Å². The van der Waals surface area contributed by atoms with Crippen molar-refractivity contribution in [2.24, 2.45) is 10.8 Å². The van der Waals surface area contributed by atoms with Crippen LogP contribution in [-0.4, -0.2) is 12.5 Å². The van der Waals surface area contributed by atoms with E-state index in [0.29, 0.717) is 0 Å². The molecule has 1 aromatic rings. The molecule has 0 aromatic heterocycles. The van der Waals surface area contributed by atoms with E-state index in [-0.39, 0.29) is 10.8 Å². The highest BCUT2D eigenvalue weighted by Crippen LogP contribution is 2.28. The van der Waals surface area contributed by atoms with Gasteiger partial charge in [0.05, 0.1) is 0 Å². The molecule has 0 aliphatic carbocycles. The third-order valence-electron chi connectivity index (χ3n) is 3.50. The summed E-state index contributed by atoms with van der Waals surface area (Å²) in [5.74, 6) is 0. The van der Waals surface area contributed by atoms with E-state index in [9.17, 15) is 0 Å². The highest BCUT2D eigenvalue weighted by atomic mass is 31.0. The number of rotatable bonds is 4. The van der Waals surface area contributed by atoms with Gasteiger partial charge < -0.3 is 10.2 Å². The topological polar surface area (TPSA) is 15.3 Å². The fraction of sp³-hybridized carbons (Fsp3) is 0.500. The van der Waals surface area contributed by atoms with Gasteiger partial charge in [-0.3, -0.25) is 0 Å². The molecule has 0 atom stereocenters. The van der Waals surface area contributed by atoms with Crippen LogP contribution < -0.4 is 10.2 Å². The minimum absolute atomic E-state index is 0.0538. The van der Waals surface area contributed by atoms with Gasteiger partial charge in [-0.15, -0.1) is 0 Å². The van der Waals surface area contributed by atoms with Gasteiger partial charge in [-0.05, 0) is 24.3 Å². The Kier molecular flexibility index (Phi) is 5.28. The van der Waals surface area contributed by atoms with E-state index in [2.05, 4.69) is 98.5 Å². The summed E-state index contributed by atoms with van der Waals surface area (Å²) in [6.45, 7) is 17.1. The van der Waals surface area contributed by atoms with Crippen LogP contribution in [0.15, 0.2) is 36.5 Å². The Morgan fingerprint density at radius 2 is 1.48 bits per heavy atom. The van der Waals surface area contributed by atoms with Crippen molar-refractivity contribution in [3.8, 4) is 0 Å². The Bertz CT molecular complexity index is 516. The lowest BCUT2D eigenvalue weighted by Crippen LogP contribution is -2.34. The highest BCUT2D eigenvalue weighted by Gasteiger charge is 2.20. The van der Waals surface area contributed by atoms with Gasteiger partial charge in [0.2, 0.25) is 0 Å². The van der Waals surface area contributed by atoms with Crippen LogP contribution in [0.5, 0.6) is 0 Å². The van der Waals surface area contributed by atoms with Gasteiger partial charge in [0, 0.05) is 40.4 Å². The van der Waals surface area contributed by atoms with Crippen LogP contribution in [0, 0.1) is 10.8 Å². The predicted octanol–water partition coefficient (Wildman–Crippen LogP) is 5.41. The Labute approximate surface area is 132 Å². The summed E-state index contributed by atoms with van der Waals surface area (Å²) < 4.78 is 0. The molecule has 1 aromatic carbocycles. The van der Waals surface area contributed by atoms with Crippen molar-refractivity contribution in [3.63, 3.8) is 0 Å². The van der Waals surface area contributed by atoms with Crippen LogP contribution >= 0.6 is 8.86 Å². The number of allylic oxidation sites excluding steroid dienone is 1. The first-order chi connectivity index (χ1) is 9.43. The number of hydrogen-bond acceptors (Lipinski definition) is 1. The highest BCUT2D eigenvalue weighted by molar-refractivity contribution is 7.21. The largest absolute Gasteiger partial charge is 0.359 e. The van der Waals surface area contributed by atoms with Gasteiger partial charge in [-0.25, -0.2) is 0 Å². The van der Waals surface area contributed by atoms with Gasteiger partial charge in [0.25, 0.3) is 0 Å². The molecule has 0 heterocycles. The molecule has 0 aliphatic heterocycles. The van der Waals surface area contributed by atoms with Gasteiger partial charge >= 0.3 is 0 Å². The molecule has 0 aliphatic rings. The average Bonchev–Trinajstić information content (AvgIpc) is 2.35. The molecule has 0 unspecified atom stereocenters. The van der Waals surface area contributed by atoms with Crippen LogP contribution in [0.4, 0.5) is 11.4 Å². The fourth-order valence-corrected chi connectivity index (χ4v) is 1.89. The fourth-order valence-electron chi connectivity index (χ4n) is 1.76. The number of nitrogens with zero attached hydrogens (tertiary/aromatic N) is 1. The van der Waals surface area contributed by atoms with Gasteiger partial charge in [0.15, 0.2) is 0 Å². The molecule has 1 rings (SSSR count). The van der Waals surface area contributed by atoms with Crippen molar-refractivity contribution in [2.75, 3.05) is 17.3 Å². The number of nitrogens with one attached hydrogen (secondary N) is 1. The first-order valence-corrected chi connectivity index (χ1v) is 7.82. The van der Waals surface area contributed by atoms with Crippen molar-refractivity contribution in [1.29, 1.82) is 0 Å². The number of benzene rings is 1. The molecule has 3 heteroatoms. The molecule has 0 radical (unpaired) electrons. The third kappa shape index (κ3) is 4.89. The SMILES string of the molecule is C=C(Nc1ccc(N(C)C(=P)C(C)(C)C)cc1)C(C)(C)C. The molecule has 2 nitrogen and oxygen atoms in total. The molecular weight excluding hydrogens is 275 g/mol. The van der Waals surface area contributed by atoms with Crippen molar-refractivity contribution >= 4 is 25.7 Å². The summed E-state index contributed by atoms with van der Waals surface area (Å²) in [5, 5.41) is 3.38. The molecule has 0 saturated carbocycles. The van der Waals surface area contributed by atoms with E-state index >= 15 is 0 Å². The lowest BCUT2D eigenvalue weighted by atomic mass is 9.93. The zero-order valence-corrected chi connectivity index (χ0v) is 15.5. The smallest absolute Gasteiger partial charge is 0.0430 e. The molecule has 116 valence electrons. The van der Waals surface area contributed by atoms with Gasteiger partial charge in [-0.1, -0.05) is 57.0 Å². The summed E-state index contributed by atoms with van der Waals surface area (Å²) in [5.41, 5.74) is 4.54. The standard InChI is InChI=1S/C18H29N2P/c1-13(17(2,3)4)19-14-9-11-15(12-10-14)20(8)16(21)18(5,6)7/h9-12,19,21H,1H2,2-8H3. The lowest BCUT2D eigenvalue weighted by Gasteiger charge is -2.31. The zero-order valence-electron chi connectivity index (χ0n) is 14.5. The molecule has 0 bridgehead atoms. The van der Waals surface area contributed by atoms with Crippen LogP contribution in [-0.2, 0) is 0 Å². The zero-order chi connectivity index (χ0) is 16.4. The second kappa shape index (κ2) is 6.23. The maximum Gasteiger partial charge on any atom is 0.0430 e. The number of anilines is 2. The molecule has 21 heavy (non-hydrogen) atoms. The van der Waals surface area contributed by atoms with Crippen molar-refractivity contribution in [1.82, 2.24) is 0 Å². The summed E-state index contributed by atoms with van der Waals surface area (Å²) in [6, 6.07) is 8.41. The van der Waals surface area contributed by atoms with E-state index in [1.54, 1.807) is 0 Å². The van der Waals surface area contributed by atoms with E-state index < -0.39 is 0 Å². The predicted molar refractivity (Wildman–Crippen MR) is 99.8 cm³/mol. The second-order valence-corrected chi connectivity index (χ2v) is 8.03. The first kappa shape index (κ1) is 17.8. The monoisotopic (exact) mass is 304 g/mol. The van der Waals surface area contributed by atoms with Crippen LogP contribution in [0.2, 0.25) is 0 Å². The van der Waals surface area contributed by atoms with Gasteiger partial charge in [-0.2, -0.15) is 0 Å². The molecule has 0 amide bonds. The normalized spacial score (nSPS) is 12.0. The van der Waals surface area contributed by atoms with Crippen molar-refractivity contribution in [2.45, 2.75) is 41.5 Å². The second-order valence-electron chi connectivity index (χ2n) is 7.56. The summed E-state index contributed by atoms with van der Waals surface area (Å²) in [7, 11) is 5.83.